The molecular weight excluding hydrogens is 214 g/mol. The van der Waals surface area contributed by atoms with E-state index in [2.05, 4.69) is 10.3 Å². The van der Waals surface area contributed by atoms with Crippen LogP contribution in [0.3, 0.4) is 0 Å². The van der Waals surface area contributed by atoms with E-state index in [1.54, 1.807) is 13.8 Å². The topological polar surface area (TPSA) is 84.5 Å². The van der Waals surface area contributed by atoms with Crippen molar-refractivity contribution in [3.63, 3.8) is 0 Å². The molecule has 0 bridgehead atoms. The quantitative estimate of drug-likeness (QED) is 0.523. The maximum Gasteiger partial charge on any atom is 0.188 e. The lowest BCUT2D eigenvalue weighted by atomic mass is 10.2. The highest BCUT2D eigenvalue weighted by molar-refractivity contribution is 7.92. The molecule has 0 unspecified atom stereocenters. The zero-order valence-corrected chi connectivity index (χ0v) is 10.3. The van der Waals surface area contributed by atoms with Crippen molar-refractivity contribution in [2.75, 3.05) is 12.8 Å². The lowest BCUT2D eigenvalue weighted by Gasteiger charge is -2.20. The molecule has 1 aliphatic carbocycles. The summed E-state index contributed by atoms with van der Waals surface area (Å²) in [6.07, 6.45) is 3.45. The highest BCUT2D eigenvalue weighted by Gasteiger charge is 2.30. The third kappa shape index (κ3) is 3.70. The summed E-state index contributed by atoms with van der Waals surface area (Å²) in [5.74, 6) is 0.342. The van der Waals surface area contributed by atoms with E-state index in [4.69, 9.17) is 5.73 Å². The fourth-order valence-electron chi connectivity index (χ4n) is 0.875. The van der Waals surface area contributed by atoms with Crippen LogP contribution in [-0.2, 0) is 9.84 Å². The van der Waals surface area contributed by atoms with Crippen molar-refractivity contribution in [2.45, 2.75) is 37.5 Å². The first kappa shape index (κ1) is 12.3. The number of nitrogens with one attached hydrogen (secondary N) is 1. The van der Waals surface area contributed by atoms with Crippen LogP contribution in [0.25, 0.3) is 0 Å². The van der Waals surface area contributed by atoms with Gasteiger partial charge in [-0.2, -0.15) is 0 Å². The first-order valence-electron chi connectivity index (χ1n) is 4.98. The van der Waals surface area contributed by atoms with Crippen LogP contribution in [-0.4, -0.2) is 38.0 Å². The van der Waals surface area contributed by atoms with E-state index in [1.165, 1.54) is 6.26 Å². The van der Waals surface area contributed by atoms with Crippen LogP contribution in [0.5, 0.6) is 0 Å². The average molecular weight is 233 g/mol. The Labute approximate surface area is 91.1 Å². The number of nitrogens with two attached hydrogens (primary N) is 1. The van der Waals surface area contributed by atoms with Crippen LogP contribution in [0.2, 0.25) is 0 Å². The third-order valence-corrected chi connectivity index (χ3v) is 4.70. The van der Waals surface area contributed by atoms with Crippen molar-refractivity contribution < 1.29 is 8.42 Å². The Morgan fingerprint density at radius 3 is 2.47 bits per heavy atom. The Morgan fingerprint density at radius 2 is 2.07 bits per heavy atom. The molecule has 0 aromatic carbocycles. The molecule has 3 N–H and O–H groups in total. The van der Waals surface area contributed by atoms with Crippen LogP contribution in [0.4, 0.5) is 0 Å². The monoisotopic (exact) mass is 233 g/mol. The van der Waals surface area contributed by atoms with Gasteiger partial charge in [-0.3, -0.25) is 4.99 Å². The van der Waals surface area contributed by atoms with E-state index in [1.807, 2.05) is 0 Å². The average Bonchev–Trinajstić information content (AvgIpc) is 2.83. The number of hydrogen-bond acceptors (Lipinski definition) is 3. The largest absolute Gasteiger partial charge is 0.370 e. The van der Waals surface area contributed by atoms with Crippen LogP contribution in [0, 0.1) is 0 Å². The molecule has 88 valence electrons. The van der Waals surface area contributed by atoms with Gasteiger partial charge in [-0.15, -0.1) is 0 Å². The van der Waals surface area contributed by atoms with E-state index in [-0.39, 0.29) is 6.54 Å². The molecule has 15 heavy (non-hydrogen) atoms. The Hall–Kier alpha value is -0.780. The Balaban J connectivity index is 2.53. The molecule has 5 nitrogen and oxygen atoms in total. The molecule has 0 aliphatic heterocycles. The molecule has 0 radical (unpaired) electrons. The Kier molecular flexibility index (Phi) is 3.28. The van der Waals surface area contributed by atoms with Crippen molar-refractivity contribution in [1.82, 2.24) is 5.32 Å². The normalized spacial score (nSPS) is 19.0. The molecule has 0 spiro atoms. The zero-order chi connectivity index (χ0) is 11.7. The summed E-state index contributed by atoms with van der Waals surface area (Å²) in [6, 6.07) is 0.440. The van der Waals surface area contributed by atoms with Gasteiger partial charge in [0, 0.05) is 12.3 Å². The predicted molar refractivity (Wildman–Crippen MR) is 61.6 cm³/mol. The minimum atomic E-state index is -3.10. The molecule has 0 heterocycles. The number of rotatable bonds is 4. The number of sulfone groups is 1. The van der Waals surface area contributed by atoms with E-state index < -0.39 is 14.6 Å². The van der Waals surface area contributed by atoms with Gasteiger partial charge in [-0.25, -0.2) is 8.42 Å². The van der Waals surface area contributed by atoms with Gasteiger partial charge < -0.3 is 11.1 Å². The van der Waals surface area contributed by atoms with Crippen LogP contribution in [0.15, 0.2) is 4.99 Å². The molecule has 0 atom stereocenters. The molecule has 1 saturated carbocycles. The second kappa shape index (κ2) is 4.00. The summed E-state index contributed by atoms with van der Waals surface area (Å²) in [5.41, 5.74) is 5.61. The van der Waals surface area contributed by atoms with E-state index in [9.17, 15) is 8.42 Å². The SMILES string of the molecule is CC(C)(CN=C(N)NC1CC1)S(C)(=O)=O. The number of guanidine groups is 1. The van der Waals surface area contributed by atoms with Crippen molar-refractivity contribution >= 4 is 15.8 Å². The summed E-state index contributed by atoms with van der Waals surface area (Å²) in [6.45, 7) is 3.49. The molecular formula is C9H19N3O2S. The van der Waals surface area contributed by atoms with Gasteiger partial charge in [0.25, 0.3) is 0 Å². The molecule has 0 aromatic rings. The molecule has 0 aromatic heterocycles. The second-order valence-electron chi connectivity index (χ2n) is 4.65. The Bertz CT molecular complexity index is 356. The van der Waals surface area contributed by atoms with Crippen molar-refractivity contribution in [1.29, 1.82) is 0 Å². The van der Waals surface area contributed by atoms with E-state index in [0.29, 0.717) is 12.0 Å². The molecule has 1 aliphatic rings. The first-order chi connectivity index (χ1) is 6.72. The summed E-state index contributed by atoms with van der Waals surface area (Å²) < 4.78 is 21.9. The number of aliphatic imine (C=N–C) groups is 1. The molecule has 0 amide bonds. The minimum Gasteiger partial charge on any atom is -0.370 e. The van der Waals surface area contributed by atoms with Gasteiger partial charge >= 0.3 is 0 Å². The highest BCUT2D eigenvalue weighted by Crippen LogP contribution is 2.18. The smallest absolute Gasteiger partial charge is 0.188 e. The predicted octanol–water partition coefficient (Wildman–Crippen LogP) is -0.124. The summed E-state index contributed by atoms with van der Waals surface area (Å²) >= 11 is 0. The maximum absolute atomic E-state index is 11.4. The lowest BCUT2D eigenvalue weighted by molar-refractivity contribution is 0.555. The highest BCUT2D eigenvalue weighted by atomic mass is 32.2. The number of hydrogen-bond donors (Lipinski definition) is 2. The summed E-state index contributed by atoms with van der Waals surface area (Å²) in [5, 5.41) is 3.01. The minimum absolute atomic E-state index is 0.192. The third-order valence-electron chi connectivity index (χ3n) is 2.56. The van der Waals surface area contributed by atoms with Gasteiger partial charge in [0.15, 0.2) is 15.8 Å². The Morgan fingerprint density at radius 1 is 1.53 bits per heavy atom. The standard InChI is InChI=1S/C9H19N3O2S/c1-9(2,15(3,13)14)6-11-8(10)12-7-4-5-7/h7H,4-6H2,1-3H3,(H3,10,11,12). The maximum atomic E-state index is 11.4. The molecule has 1 rings (SSSR count). The van der Waals surface area contributed by atoms with Gasteiger partial charge in [-0.1, -0.05) is 0 Å². The van der Waals surface area contributed by atoms with Crippen molar-refractivity contribution in [3.05, 3.63) is 0 Å². The van der Waals surface area contributed by atoms with Gasteiger partial charge in [-0.05, 0) is 26.7 Å². The summed E-state index contributed by atoms with van der Waals surface area (Å²) in [7, 11) is -3.10. The van der Waals surface area contributed by atoms with Crippen molar-refractivity contribution in [2.24, 2.45) is 10.7 Å². The first-order valence-corrected chi connectivity index (χ1v) is 6.87. The lowest BCUT2D eigenvalue weighted by Crippen LogP contribution is -2.38. The zero-order valence-electron chi connectivity index (χ0n) is 9.45. The summed E-state index contributed by atoms with van der Waals surface area (Å²) in [4.78, 5) is 4.05. The van der Waals surface area contributed by atoms with Gasteiger partial charge in [0.2, 0.25) is 0 Å². The van der Waals surface area contributed by atoms with Crippen LogP contribution in [0.1, 0.15) is 26.7 Å². The fraction of sp³-hybridized carbons (Fsp3) is 0.889. The van der Waals surface area contributed by atoms with Gasteiger partial charge in [0.05, 0.1) is 11.3 Å². The fourth-order valence-corrected chi connectivity index (χ4v) is 1.17. The van der Waals surface area contributed by atoms with E-state index in [0.717, 1.165) is 12.8 Å². The molecule has 0 saturated heterocycles. The van der Waals surface area contributed by atoms with Crippen molar-refractivity contribution in [3.8, 4) is 0 Å². The van der Waals surface area contributed by atoms with Gasteiger partial charge in [0.1, 0.15) is 0 Å². The molecule has 6 heteroatoms. The van der Waals surface area contributed by atoms with Crippen LogP contribution >= 0.6 is 0 Å². The molecule has 1 fully saturated rings. The number of nitrogens with zero attached hydrogens (tertiary/aromatic N) is 1. The van der Waals surface area contributed by atoms with Crippen LogP contribution < -0.4 is 11.1 Å². The van der Waals surface area contributed by atoms with E-state index >= 15 is 0 Å². The second-order valence-corrected chi connectivity index (χ2v) is 7.30.